The lowest BCUT2D eigenvalue weighted by Gasteiger charge is -2.32. The summed E-state index contributed by atoms with van der Waals surface area (Å²) in [4.78, 5) is 33.3. The second kappa shape index (κ2) is 9.27. The number of aliphatic carboxylic acids is 1. The molecule has 1 unspecified atom stereocenters. The minimum Gasteiger partial charge on any atom is -0.496 e. The molecule has 0 saturated heterocycles. The zero-order chi connectivity index (χ0) is 18.3. The number of hydrogen-bond donors (Lipinski definition) is 1. The van der Waals surface area contributed by atoms with Crippen molar-refractivity contribution in [3.63, 3.8) is 0 Å². The predicted octanol–water partition coefficient (Wildman–Crippen LogP) is 2.17. The van der Waals surface area contributed by atoms with E-state index in [0.717, 1.165) is 5.56 Å². The Labute approximate surface area is 148 Å². The van der Waals surface area contributed by atoms with Crippen molar-refractivity contribution in [1.82, 2.24) is 4.90 Å². The summed E-state index contributed by atoms with van der Waals surface area (Å²) in [6.07, 6.45) is 1.21. The first-order valence-electron chi connectivity index (χ1n) is 7.29. The molecule has 1 atom stereocenters. The van der Waals surface area contributed by atoms with Gasteiger partial charge in [0, 0.05) is 13.5 Å². The second-order valence-corrected chi connectivity index (χ2v) is 5.80. The van der Waals surface area contributed by atoms with Crippen LogP contribution in [0.4, 0.5) is 0 Å². The van der Waals surface area contributed by atoms with Gasteiger partial charge in [0.25, 0.3) is 0 Å². The monoisotopic (exact) mass is 401 g/mol. The molecular formula is C16H20BrNO6. The Bertz CT molecular complexity index is 619. The third-order valence-electron chi connectivity index (χ3n) is 3.40. The molecule has 0 aliphatic carbocycles. The summed E-state index contributed by atoms with van der Waals surface area (Å²) in [5, 5.41) is 9.26. The highest BCUT2D eigenvalue weighted by atomic mass is 79.9. The normalized spacial score (nSPS) is 15.5. The van der Waals surface area contributed by atoms with Gasteiger partial charge in [-0.15, -0.1) is 0 Å². The van der Waals surface area contributed by atoms with Gasteiger partial charge in [-0.2, -0.15) is 0 Å². The summed E-state index contributed by atoms with van der Waals surface area (Å²) in [6, 6.07) is 2.61. The number of carboxylic acids is 1. The van der Waals surface area contributed by atoms with Crippen LogP contribution in [0, 0.1) is 0 Å². The summed E-state index contributed by atoms with van der Waals surface area (Å²) >= 11 is 3.33. The lowest BCUT2D eigenvalue weighted by molar-refractivity contribution is -0.147. The number of carbonyl (C=O) groups excluding carboxylic acids is 2. The number of ether oxygens (including phenoxy) is 2. The first-order chi connectivity index (χ1) is 11.3. The van der Waals surface area contributed by atoms with Gasteiger partial charge in [0.1, 0.15) is 5.75 Å². The fourth-order valence-electron chi connectivity index (χ4n) is 2.39. The van der Waals surface area contributed by atoms with E-state index in [0.29, 0.717) is 41.8 Å². The third-order valence-corrected chi connectivity index (χ3v) is 4.02. The van der Waals surface area contributed by atoms with Crippen LogP contribution in [0.5, 0.6) is 5.75 Å². The van der Waals surface area contributed by atoms with E-state index < -0.39 is 12.0 Å². The number of esters is 1. The second-order valence-electron chi connectivity index (χ2n) is 4.94. The fraction of sp³-hybridized carbons (Fsp3) is 0.438. The van der Waals surface area contributed by atoms with Gasteiger partial charge in [-0.3, -0.25) is 9.59 Å². The molecule has 132 valence electrons. The average Bonchev–Trinajstić information content (AvgIpc) is 2.53. The van der Waals surface area contributed by atoms with Crippen molar-refractivity contribution in [1.29, 1.82) is 0 Å². The maximum absolute atomic E-state index is 11.3. The van der Waals surface area contributed by atoms with Crippen molar-refractivity contribution in [3.8, 4) is 5.75 Å². The largest absolute Gasteiger partial charge is 0.496 e. The topological polar surface area (TPSA) is 93.1 Å². The summed E-state index contributed by atoms with van der Waals surface area (Å²) in [6.45, 7) is 4.05. The van der Waals surface area contributed by atoms with Gasteiger partial charge in [-0.25, -0.2) is 4.79 Å². The Kier molecular flexibility index (Phi) is 7.70. The van der Waals surface area contributed by atoms with Crippen LogP contribution in [-0.2, 0) is 25.5 Å². The zero-order valence-electron chi connectivity index (χ0n) is 13.7. The van der Waals surface area contributed by atoms with Crippen molar-refractivity contribution in [2.45, 2.75) is 26.3 Å². The van der Waals surface area contributed by atoms with Crippen LogP contribution in [0.3, 0.4) is 0 Å². The van der Waals surface area contributed by atoms with Gasteiger partial charge in [-0.1, -0.05) is 0 Å². The van der Waals surface area contributed by atoms with Crippen LogP contribution >= 0.6 is 15.9 Å². The van der Waals surface area contributed by atoms with Crippen LogP contribution in [0.2, 0.25) is 0 Å². The molecule has 2 rings (SSSR count). The molecule has 1 N–H and O–H groups in total. The standard InChI is InChI=1S/C12H12BrNO4.C4H8O2/c1-18-10-4-7-2-3-14(6-15)11(12(16)17)8(7)5-9(10)13;1-3-6-4(2)5/h4-6,11H,2-3H2,1H3,(H,16,17);3H2,1-2H3. The molecule has 24 heavy (non-hydrogen) atoms. The van der Waals surface area contributed by atoms with Crippen molar-refractivity contribution >= 4 is 34.3 Å². The minimum atomic E-state index is -1.03. The Balaban J connectivity index is 0.000000413. The minimum absolute atomic E-state index is 0.211. The lowest BCUT2D eigenvalue weighted by Crippen LogP contribution is -2.38. The van der Waals surface area contributed by atoms with Gasteiger partial charge < -0.3 is 19.5 Å². The van der Waals surface area contributed by atoms with Crippen molar-refractivity contribution in [2.75, 3.05) is 20.3 Å². The molecule has 1 aromatic carbocycles. The molecule has 0 bridgehead atoms. The summed E-state index contributed by atoms with van der Waals surface area (Å²) in [7, 11) is 1.56. The van der Waals surface area contributed by atoms with Crippen molar-refractivity contribution in [3.05, 3.63) is 27.7 Å². The number of methoxy groups -OCH3 is 1. The van der Waals surface area contributed by atoms with Crippen LogP contribution in [0.15, 0.2) is 16.6 Å². The summed E-state index contributed by atoms with van der Waals surface area (Å²) < 4.78 is 10.3. The van der Waals surface area contributed by atoms with Crippen LogP contribution < -0.4 is 4.74 Å². The fourth-order valence-corrected chi connectivity index (χ4v) is 2.91. The average molecular weight is 402 g/mol. The molecule has 0 fully saturated rings. The van der Waals surface area contributed by atoms with Crippen LogP contribution in [0.1, 0.15) is 31.0 Å². The van der Waals surface area contributed by atoms with E-state index in [-0.39, 0.29) is 5.97 Å². The van der Waals surface area contributed by atoms with Crippen molar-refractivity contribution < 1.29 is 29.0 Å². The zero-order valence-corrected chi connectivity index (χ0v) is 15.3. The SMILES string of the molecule is CCOC(C)=O.COc1cc2c(cc1Br)C(C(=O)O)N(C=O)CC2. The molecule has 0 saturated carbocycles. The van der Waals surface area contributed by atoms with Crippen LogP contribution in [0.25, 0.3) is 0 Å². The van der Waals surface area contributed by atoms with Gasteiger partial charge in [0.2, 0.25) is 6.41 Å². The number of amides is 1. The number of fused-ring (bicyclic) bond motifs is 1. The molecule has 0 aromatic heterocycles. The number of rotatable bonds is 4. The highest BCUT2D eigenvalue weighted by molar-refractivity contribution is 9.10. The van der Waals surface area contributed by atoms with E-state index in [1.54, 1.807) is 20.1 Å². The van der Waals surface area contributed by atoms with E-state index in [2.05, 4.69) is 20.7 Å². The number of carboxylic acid groups (broad SMARTS) is 1. The maximum Gasteiger partial charge on any atom is 0.331 e. The molecule has 1 aliphatic heterocycles. The van der Waals surface area contributed by atoms with E-state index in [1.165, 1.54) is 11.8 Å². The molecule has 7 nitrogen and oxygen atoms in total. The molecule has 1 amide bonds. The highest BCUT2D eigenvalue weighted by Crippen LogP contribution is 2.36. The first-order valence-corrected chi connectivity index (χ1v) is 8.08. The number of benzene rings is 1. The van der Waals surface area contributed by atoms with Gasteiger partial charge >= 0.3 is 11.9 Å². The highest BCUT2D eigenvalue weighted by Gasteiger charge is 2.32. The lowest BCUT2D eigenvalue weighted by atomic mass is 9.93. The molecule has 1 aliphatic rings. The van der Waals surface area contributed by atoms with Crippen LogP contribution in [-0.4, -0.2) is 48.6 Å². The molecular weight excluding hydrogens is 382 g/mol. The molecule has 8 heteroatoms. The quantitative estimate of drug-likeness (QED) is 0.613. The van der Waals surface area contributed by atoms with E-state index in [4.69, 9.17) is 4.74 Å². The van der Waals surface area contributed by atoms with Gasteiger partial charge in [0.15, 0.2) is 6.04 Å². The van der Waals surface area contributed by atoms with E-state index in [9.17, 15) is 19.5 Å². The van der Waals surface area contributed by atoms with Crippen molar-refractivity contribution in [2.24, 2.45) is 0 Å². The molecule has 1 aromatic rings. The van der Waals surface area contributed by atoms with Gasteiger partial charge in [-0.05, 0) is 52.5 Å². The number of halogens is 1. The smallest absolute Gasteiger partial charge is 0.331 e. The number of nitrogens with zero attached hydrogens (tertiary/aromatic N) is 1. The number of carbonyl (C=O) groups is 3. The predicted molar refractivity (Wildman–Crippen MR) is 89.9 cm³/mol. The first kappa shape index (κ1) is 20.0. The summed E-state index contributed by atoms with van der Waals surface area (Å²) in [5.74, 6) is -0.574. The Morgan fingerprint density at radius 2 is 2.12 bits per heavy atom. The molecule has 1 heterocycles. The van der Waals surface area contributed by atoms with Gasteiger partial charge in [0.05, 0.1) is 18.2 Å². The number of hydrogen-bond acceptors (Lipinski definition) is 5. The maximum atomic E-state index is 11.3. The third kappa shape index (κ3) is 4.95. The molecule has 0 spiro atoms. The Morgan fingerprint density at radius 3 is 2.54 bits per heavy atom. The Morgan fingerprint density at radius 1 is 1.46 bits per heavy atom. The van der Waals surface area contributed by atoms with E-state index in [1.807, 2.05) is 6.07 Å². The summed E-state index contributed by atoms with van der Waals surface area (Å²) in [5.41, 5.74) is 1.54. The molecule has 0 radical (unpaired) electrons. The van der Waals surface area contributed by atoms with E-state index >= 15 is 0 Å². The Hall–Kier alpha value is -2.09.